The topological polar surface area (TPSA) is 57.6 Å². The van der Waals surface area contributed by atoms with Gasteiger partial charge in [0.05, 0.1) is 0 Å². The summed E-state index contributed by atoms with van der Waals surface area (Å²) in [4.78, 5) is 23.0. The van der Waals surface area contributed by atoms with Gasteiger partial charge in [0.2, 0.25) is 5.91 Å². The molecule has 2 unspecified atom stereocenters. The molecule has 0 spiro atoms. The van der Waals surface area contributed by atoms with E-state index in [1.54, 1.807) is 0 Å². The number of carboxylic acid groups (broad SMARTS) is 1. The summed E-state index contributed by atoms with van der Waals surface area (Å²) in [5.74, 6) is -5.03. The van der Waals surface area contributed by atoms with Crippen molar-refractivity contribution in [1.29, 1.82) is 0 Å². The van der Waals surface area contributed by atoms with Crippen LogP contribution < -0.4 is 0 Å². The maximum absolute atomic E-state index is 12.9. The Balaban J connectivity index is 2.75. The maximum atomic E-state index is 12.9. The van der Waals surface area contributed by atoms with E-state index in [0.717, 1.165) is 11.8 Å². The lowest BCUT2D eigenvalue weighted by atomic mass is 10.1. The van der Waals surface area contributed by atoms with E-state index in [0.29, 0.717) is 0 Å². The number of nitrogens with zero attached hydrogens (tertiary/aromatic N) is 1. The van der Waals surface area contributed by atoms with Crippen molar-refractivity contribution in [3.05, 3.63) is 0 Å². The highest BCUT2D eigenvalue weighted by molar-refractivity contribution is 5.90. The van der Waals surface area contributed by atoms with Crippen LogP contribution in [0.4, 0.5) is 8.78 Å². The molecule has 1 amide bonds. The van der Waals surface area contributed by atoms with Crippen molar-refractivity contribution >= 4 is 11.9 Å². The molecule has 1 fully saturated rings. The quantitative estimate of drug-likeness (QED) is 0.772. The van der Waals surface area contributed by atoms with Crippen molar-refractivity contribution in [1.82, 2.24) is 4.90 Å². The van der Waals surface area contributed by atoms with Crippen LogP contribution in [0.15, 0.2) is 0 Å². The monoisotopic (exact) mass is 221 g/mol. The molecule has 0 heterocycles. The average Bonchev–Trinajstić information content (AvgIpc) is 2.63. The lowest BCUT2D eigenvalue weighted by molar-refractivity contribution is -0.152. The highest BCUT2D eigenvalue weighted by Gasteiger charge is 2.73. The Labute approximate surface area is 85.9 Å². The molecule has 0 radical (unpaired) electrons. The number of carboxylic acids is 1. The molecule has 0 saturated heterocycles. The maximum Gasteiger partial charge on any atom is 0.326 e. The van der Waals surface area contributed by atoms with Crippen LogP contribution in [0.5, 0.6) is 0 Å². The Morgan fingerprint density at radius 2 is 1.87 bits per heavy atom. The predicted molar refractivity (Wildman–Crippen MR) is 47.5 cm³/mol. The zero-order chi connectivity index (χ0) is 12.0. The Morgan fingerprint density at radius 3 is 2.13 bits per heavy atom. The molecule has 2 atom stereocenters. The first kappa shape index (κ1) is 11.9. The fourth-order valence-corrected chi connectivity index (χ4v) is 1.36. The van der Waals surface area contributed by atoms with Crippen molar-refractivity contribution in [2.24, 2.45) is 5.41 Å². The summed E-state index contributed by atoms with van der Waals surface area (Å²) < 4.78 is 25.7. The molecule has 1 saturated carbocycles. The smallest absolute Gasteiger partial charge is 0.326 e. The summed E-state index contributed by atoms with van der Waals surface area (Å²) in [6, 6.07) is -1.09. The first-order valence-electron chi connectivity index (χ1n) is 4.51. The van der Waals surface area contributed by atoms with Gasteiger partial charge in [0.25, 0.3) is 5.92 Å². The van der Waals surface area contributed by atoms with Gasteiger partial charge in [-0.3, -0.25) is 4.79 Å². The minimum Gasteiger partial charge on any atom is -0.480 e. The first-order chi connectivity index (χ1) is 6.63. The zero-order valence-electron chi connectivity index (χ0n) is 8.75. The van der Waals surface area contributed by atoms with E-state index in [-0.39, 0.29) is 0 Å². The minimum absolute atomic E-state index is 0.504. The van der Waals surface area contributed by atoms with Gasteiger partial charge in [0.15, 0.2) is 0 Å². The second-order valence-electron chi connectivity index (χ2n) is 4.14. The molecule has 1 rings (SSSR count). The fraction of sp³-hybridized carbons (Fsp3) is 0.778. The lowest BCUT2D eigenvalue weighted by Crippen LogP contribution is -2.44. The molecular weight excluding hydrogens is 208 g/mol. The van der Waals surface area contributed by atoms with E-state index in [1.165, 1.54) is 14.0 Å². The number of rotatable bonds is 3. The van der Waals surface area contributed by atoms with Gasteiger partial charge >= 0.3 is 5.97 Å². The summed E-state index contributed by atoms with van der Waals surface area (Å²) in [7, 11) is 1.22. The third kappa shape index (κ3) is 1.68. The van der Waals surface area contributed by atoms with E-state index in [4.69, 9.17) is 5.11 Å². The van der Waals surface area contributed by atoms with Crippen LogP contribution in [-0.2, 0) is 9.59 Å². The highest BCUT2D eigenvalue weighted by Crippen LogP contribution is 2.61. The van der Waals surface area contributed by atoms with Crippen molar-refractivity contribution in [2.75, 3.05) is 7.05 Å². The SMILES string of the molecule is CC(C(=O)O)N(C)C(=O)C1(C)CC1(F)F. The molecule has 0 aromatic carbocycles. The largest absolute Gasteiger partial charge is 0.480 e. The molecule has 1 aliphatic rings. The summed E-state index contributed by atoms with van der Waals surface area (Å²) in [6.45, 7) is 2.44. The van der Waals surface area contributed by atoms with Crippen LogP contribution in [0.25, 0.3) is 0 Å². The second-order valence-corrected chi connectivity index (χ2v) is 4.14. The van der Waals surface area contributed by atoms with Gasteiger partial charge in [0, 0.05) is 13.5 Å². The zero-order valence-corrected chi connectivity index (χ0v) is 8.75. The van der Waals surface area contributed by atoms with Gasteiger partial charge < -0.3 is 10.0 Å². The van der Waals surface area contributed by atoms with Crippen LogP contribution in [-0.4, -0.2) is 40.9 Å². The molecule has 1 N–H and O–H groups in total. The van der Waals surface area contributed by atoms with Gasteiger partial charge in [-0.15, -0.1) is 0 Å². The molecule has 0 aliphatic heterocycles. The first-order valence-corrected chi connectivity index (χ1v) is 4.51. The van der Waals surface area contributed by atoms with Crippen molar-refractivity contribution in [3.8, 4) is 0 Å². The number of carbonyl (C=O) groups is 2. The highest BCUT2D eigenvalue weighted by atomic mass is 19.3. The molecule has 86 valence electrons. The average molecular weight is 221 g/mol. The Kier molecular flexibility index (Phi) is 2.49. The number of alkyl halides is 2. The minimum atomic E-state index is -3.00. The third-order valence-electron chi connectivity index (χ3n) is 2.99. The predicted octanol–water partition coefficient (Wildman–Crippen LogP) is 0.963. The summed E-state index contributed by atoms with van der Waals surface area (Å²) in [5.41, 5.74) is -1.72. The van der Waals surface area contributed by atoms with Gasteiger partial charge in [-0.1, -0.05) is 0 Å². The number of carbonyl (C=O) groups excluding carboxylic acids is 1. The Morgan fingerprint density at radius 1 is 1.47 bits per heavy atom. The molecular formula is C9H13F2NO3. The van der Waals surface area contributed by atoms with E-state index >= 15 is 0 Å². The number of hydrogen-bond donors (Lipinski definition) is 1. The summed E-state index contributed by atoms with van der Waals surface area (Å²) in [6.07, 6.45) is -0.504. The van der Waals surface area contributed by atoms with Gasteiger partial charge in [-0.05, 0) is 13.8 Å². The second kappa shape index (κ2) is 3.15. The Hall–Kier alpha value is -1.20. The van der Waals surface area contributed by atoms with Crippen LogP contribution >= 0.6 is 0 Å². The number of halogens is 2. The van der Waals surface area contributed by atoms with Crippen LogP contribution in [0.2, 0.25) is 0 Å². The molecule has 0 bridgehead atoms. The molecule has 6 heteroatoms. The molecule has 0 aromatic rings. The number of aliphatic carboxylic acids is 1. The third-order valence-corrected chi connectivity index (χ3v) is 2.99. The van der Waals surface area contributed by atoms with Crippen molar-refractivity contribution in [3.63, 3.8) is 0 Å². The molecule has 4 nitrogen and oxygen atoms in total. The van der Waals surface area contributed by atoms with E-state index in [1.807, 2.05) is 0 Å². The van der Waals surface area contributed by atoms with Crippen LogP contribution in [0.3, 0.4) is 0 Å². The molecule has 0 aromatic heterocycles. The number of hydrogen-bond acceptors (Lipinski definition) is 2. The van der Waals surface area contributed by atoms with E-state index in [2.05, 4.69) is 0 Å². The molecule has 15 heavy (non-hydrogen) atoms. The van der Waals surface area contributed by atoms with Gasteiger partial charge in [-0.25, -0.2) is 13.6 Å². The number of amides is 1. The molecule has 1 aliphatic carbocycles. The summed E-state index contributed by atoms with van der Waals surface area (Å²) >= 11 is 0. The Bertz CT molecular complexity index is 318. The summed E-state index contributed by atoms with van der Waals surface area (Å²) in [5, 5.41) is 8.64. The van der Waals surface area contributed by atoms with Crippen LogP contribution in [0, 0.1) is 5.41 Å². The standard InChI is InChI=1S/C9H13F2NO3/c1-5(6(13)14)12(3)7(15)8(2)4-9(8,10)11/h5H,4H2,1-3H3,(H,13,14). The van der Waals surface area contributed by atoms with Gasteiger partial charge in [0.1, 0.15) is 11.5 Å². The van der Waals surface area contributed by atoms with Crippen molar-refractivity contribution in [2.45, 2.75) is 32.2 Å². The van der Waals surface area contributed by atoms with E-state index in [9.17, 15) is 18.4 Å². The van der Waals surface area contributed by atoms with Crippen molar-refractivity contribution < 1.29 is 23.5 Å². The fourth-order valence-electron chi connectivity index (χ4n) is 1.36. The van der Waals surface area contributed by atoms with E-state index < -0.39 is 35.7 Å². The van der Waals surface area contributed by atoms with Crippen LogP contribution in [0.1, 0.15) is 20.3 Å². The number of likely N-dealkylation sites (N-methyl/N-ethyl adjacent to an activating group) is 1. The lowest BCUT2D eigenvalue weighted by Gasteiger charge is -2.24. The normalized spacial score (nSPS) is 29.4. The van der Waals surface area contributed by atoms with Gasteiger partial charge in [-0.2, -0.15) is 0 Å².